The molecule has 3 rings (SSSR count). The molecule has 0 fully saturated rings. The van der Waals surface area contributed by atoms with Gasteiger partial charge < -0.3 is 10.2 Å². The van der Waals surface area contributed by atoms with Crippen LogP contribution in [0, 0.1) is 23.3 Å². The molecule has 1 heterocycles. The normalized spacial score (nSPS) is 13.7. The van der Waals surface area contributed by atoms with Crippen LogP contribution in [0.15, 0.2) is 53.9 Å². The SMILES string of the molecule is CCC(F)(F)C1=C=CN(C)C(c2ccc(NC(=O)c3c(F)ccc(F)c3F)cc2F)=C1. The Bertz CT molecular complexity index is 1150. The number of carbonyl (C=O) groups excluding carboxylic acids is 1. The number of halogens is 6. The highest BCUT2D eigenvalue weighted by Gasteiger charge is 2.32. The zero-order valence-corrected chi connectivity index (χ0v) is 16.4. The molecule has 3 nitrogen and oxygen atoms in total. The Morgan fingerprint density at radius 3 is 2.39 bits per heavy atom. The number of anilines is 1. The third-order valence-electron chi connectivity index (χ3n) is 4.69. The van der Waals surface area contributed by atoms with Gasteiger partial charge in [-0.15, -0.1) is 0 Å². The lowest BCUT2D eigenvalue weighted by atomic mass is 10.0. The number of hydrogen-bond acceptors (Lipinski definition) is 2. The van der Waals surface area contributed by atoms with Crippen LogP contribution >= 0.6 is 0 Å². The van der Waals surface area contributed by atoms with E-state index in [9.17, 15) is 31.1 Å². The maximum atomic E-state index is 14.7. The van der Waals surface area contributed by atoms with E-state index in [1.165, 1.54) is 37.2 Å². The predicted octanol–water partition coefficient (Wildman–Crippen LogP) is 5.87. The van der Waals surface area contributed by atoms with Gasteiger partial charge in [0.1, 0.15) is 17.2 Å². The number of allylic oxidation sites excluding steroid dienone is 2. The third kappa shape index (κ3) is 4.36. The van der Waals surface area contributed by atoms with Crippen molar-refractivity contribution >= 4 is 17.3 Å². The van der Waals surface area contributed by atoms with Crippen molar-refractivity contribution in [3.63, 3.8) is 0 Å². The van der Waals surface area contributed by atoms with Crippen LogP contribution in [0.3, 0.4) is 0 Å². The van der Waals surface area contributed by atoms with E-state index in [0.717, 1.165) is 12.1 Å². The van der Waals surface area contributed by atoms with Crippen LogP contribution in [-0.2, 0) is 0 Å². The van der Waals surface area contributed by atoms with Crippen molar-refractivity contribution in [3.05, 3.63) is 88.3 Å². The molecule has 9 heteroatoms. The topological polar surface area (TPSA) is 32.3 Å². The Morgan fingerprint density at radius 2 is 1.74 bits per heavy atom. The predicted molar refractivity (Wildman–Crippen MR) is 103 cm³/mol. The number of nitrogens with one attached hydrogen (secondary N) is 1. The Labute approximate surface area is 174 Å². The van der Waals surface area contributed by atoms with Gasteiger partial charge in [0.25, 0.3) is 11.8 Å². The van der Waals surface area contributed by atoms with Crippen LogP contribution in [0.25, 0.3) is 5.70 Å². The van der Waals surface area contributed by atoms with Gasteiger partial charge in [-0.2, -0.15) is 0 Å². The van der Waals surface area contributed by atoms with E-state index in [2.05, 4.69) is 11.0 Å². The number of nitrogens with zero attached hydrogens (tertiary/aromatic N) is 1. The van der Waals surface area contributed by atoms with Gasteiger partial charge in [0.2, 0.25) is 0 Å². The lowest BCUT2D eigenvalue weighted by Gasteiger charge is -2.24. The maximum absolute atomic E-state index is 14.7. The molecule has 31 heavy (non-hydrogen) atoms. The standard InChI is InChI=1S/C22H16F6N2O/c1-3-22(27,28)12-8-9-30(2)18(10-12)14-5-4-13(11-17(14)25)29-21(31)19-15(23)6-7-16(24)20(19)26/h4-7,9-11H,3H2,1-2H3,(H,29,31). The van der Waals surface area contributed by atoms with Crippen LogP contribution in [-0.4, -0.2) is 23.8 Å². The number of hydrogen-bond donors (Lipinski definition) is 1. The first-order valence-electron chi connectivity index (χ1n) is 9.09. The monoisotopic (exact) mass is 438 g/mol. The fourth-order valence-corrected chi connectivity index (χ4v) is 2.91. The largest absolute Gasteiger partial charge is 0.344 e. The van der Waals surface area contributed by atoms with E-state index in [0.29, 0.717) is 12.1 Å². The smallest absolute Gasteiger partial charge is 0.280 e. The molecule has 0 spiro atoms. The van der Waals surface area contributed by atoms with Crippen LogP contribution in [0.5, 0.6) is 0 Å². The van der Waals surface area contributed by atoms with Crippen molar-refractivity contribution in [2.45, 2.75) is 19.3 Å². The zero-order chi connectivity index (χ0) is 22.9. The molecule has 1 aliphatic heterocycles. The quantitative estimate of drug-likeness (QED) is 0.360. The molecule has 0 saturated carbocycles. The van der Waals surface area contributed by atoms with Gasteiger partial charge in [0.05, 0.1) is 11.3 Å². The second-order valence-corrected chi connectivity index (χ2v) is 6.75. The summed E-state index contributed by atoms with van der Waals surface area (Å²) in [7, 11) is 1.52. The number of benzene rings is 2. The van der Waals surface area contributed by atoms with Crippen LogP contribution < -0.4 is 5.32 Å². The fourth-order valence-electron chi connectivity index (χ4n) is 2.91. The summed E-state index contributed by atoms with van der Waals surface area (Å²) in [5, 5.41) is 2.09. The molecule has 0 aliphatic carbocycles. The molecule has 0 atom stereocenters. The number of carbonyl (C=O) groups is 1. The average molecular weight is 438 g/mol. The molecular formula is C22H16F6N2O. The van der Waals surface area contributed by atoms with Crippen molar-refractivity contribution in [2.75, 3.05) is 12.4 Å². The molecule has 162 valence electrons. The minimum atomic E-state index is -3.15. The third-order valence-corrected chi connectivity index (χ3v) is 4.69. The van der Waals surface area contributed by atoms with Gasteiger partial charge in [-0.05, 0) is 36.4 Å². The van der Waals surface area contributed by atoms with Crippen molar-refractivity contribution in [1.29, 1.82) is 0 Å². The minimum Gasteiger partial charge on any atom is -0.344 e. The molecule has 0 unspecified atom stereocenters. The van der Waals surface area contributed by atoms with E-state index in [1.807, 2.05) is 0 Å². The van der Waals surface area contributed by atoms with E-state index in [-0.39, 0.29) is 16.9 Å². The first kappa shape index (κ1) is 22.2. The van der Waals surface area contributed by atoms with Crippen LogP contribution in [0.4, 0.5) is 32.0 Å². The fraction of sp³-hybridized carbons (Fsp3) is 0.182. The van der Waals surface area contributed by atoms with Gasteiger partial charge in [-0.25, -0.2) is 26.3 Å². The highest BCUT2D eigenvalue weighted by molar-refractivity contribution is 6.04. The first-order valence-corrected chi connectivity index (χ1v) is 9.09. The van der Waals surface area contributed by atoms with Crippen LogP contribution in [0.2, 0.25) is 0 Å². The summed E-state index contributed by atoms with van der Waals surface area (Å²) in [6.45, 7) is 1.31. The lowest BCUT2D eigenvalue weighted by molar-refractivity contribution is 0.0415. The van der Waals surface area contributed by atoms with E-state index < -0.39 is 52.7 Å². The first-order chi connectivity index (χ1) is 14.5. The second-order valence-electron chi connectivity index (χ2n) is 6.75. The number of rotatable bonds is 5. The summed E-state index contributed by atoms with van der Waals surface area (Å²) in [5.41, 5.74) is 0.809. The van der Waals surface area contributed by atoms with Crippen molar-refractivity contribution < 1.29 is 31.1 Å². The van der Waals surface area contributed by atoms with Gasteiger partial charge >= 0.3 is 0 Å². The number of alkyl halides is 2. The van der Waals surface area contributed by atoms with Crippen molar-refractivity contribution in [3.8, 4) is 0 Å². The highest BCUT2D eigenvalue weighted by Crippen LogP contribution is 2.34. The summed E-state index contributed by atoms with van der Waals surface area (Å²) < 4.78 is 83.6. The van der Waals surface area contributed by atoms with Gasteiger partial charge in [0, 0.05) is 30.9 Å². The molecule has 0 radical (unpaired) electrons. The summed E-state index contributed by atoms with van der Waals surface area (Å²) >= 11 is 0. The molecule has 1 N–H and O–H groups in total. The molecular weight excluding hydrogens is 422 g/mol. The van der Waals surface area contributed by atoms with Crippen molar-refractivity contribution in [2.24, 2.45) is 0 Å². The van der Waals surface area contributed by atoms with Crippen molar-refractivity contribution in [1.82, 2.24) is 4.90 Å². The Morgan fingerprint density at radius 1 is 1.06 bits per heavy atom. The summed E-state index contributed by atoms with van der Waals surface area (Å²) in [6, 6.07) is 4.42. The van der Waals surface area contributed by atoms with Gasteiger partial charge in [0.15, 0.2) is 11.6 Å². The lowest BCUT2D eigenvalue weighted by Crippen LogP contribution is -2.21. The van der Waals surface area contributed by atoms with Crippen LogP contribution in [0.1, 0.15) is 29.3 Å². The van der Waals surface area contributed by atoms with E-state index in [1.54, 1.807) is 0 Å². The van der Waals surface area contributed by atoms with Gasteiger partial charge in [-0.3, -0.25) is 4.79 Å². The molecule has 0 saturated heterocycles. The second kappa shape index (κ2) is 8.35. The molecule has 1 aliphatic rings. The highest BCUT2D eigenvalue weighted by atomic mass is 19.3. The Hall–Kier alpha value is -3.45. The molecule has 2 aromatic carbocycles. The van der Waals surface area contributed by atoms with E-state index in [4.69, 9.17) is 0 Å². The minimum absolute atomic E-state index is 0.0502. The molecule has 2 aromatic rings. The summed E-state index contributed by atoms with van der Waals surface area (Å²) in [5.74, 6) is -9.72. The molecule has 1 amide bonds. The molecule has 0 bridgehead atoms. The van der Waals surface area contributed by atoms with Gasteiger partial charge in [-0.1, -0.05) is 12.7 Å². The van der Waals surface area contributed by atoms with E-state index >= 15 is 0 Å². The zero-order valence-electron chi connectivity index (χ0n) is 16.4. The average Bonchev–Trinajstić information content (AvgIpc) is 2.72. The molecule has 0 aromatic heterocycles. The summed E-state index contributed by atoms with van der Waals surface area (Å²) in [4.78, 5) is 13.5. The summed E-state index contributed by atoms with van der Waals surface area (Å²) in [6.07, 6.45) is 1.90. The Balaban J connectivity index is 1.90. The Kier molecular flexibility index (Phi) is 5.99. The maximum Gasteiger partial charge on any atom is 0.280 e. The number of amides is 1.